The van der Waals surface area contributed by atoms with E-state index in [2.05, 4.69) is 16.8 Å². The smallest absolute Gasteiger partial charge is 0.405 e. The number of ether oxygens (including phenoxy) is 1. The van der Waals surface area contributed by atoms with Gasteiger partial charge in [0.15, 0.2) is 0 Å². The molecule has 1 aromatic carbocycles. The van der Waals surface area contributed by atoms with Gasteiger partial charge in [0.05, 0.1) is 17.5 Å². The molecule has 0 aliphatic carbocycles. The van der Waals surface area contributed by atoms with Crippen LogP contribution in [0.2, 0.25) is 0 Å². The van der Waals surface area contributed by atoms with E-state index in [-0.39, 0.29) is 11.8 Å². The summed E-state index contributed by atoms with van der Waals surface area (Å²) < 4.78 is 40.9. The van der Waals surface area contributed by atoms with Crippen molar-refractivity contribution in [2.24, 2.45) is 0 Å². The molecule has 0 saturated carbocycles. The Balaban J connectivity index is 2.74. The van der Waals surface area contributed by atoms with Crippen LogP contribution in [0.25, 0.3) is 0 Å². The van der Waals surface area contributed by atoms with Crippen molar-refractivity contribution in [1.82, 2.24) is 5.48 Å². The van der Waals surface area contributed by atoms with Gasteiger partial charge in [-0.25, -0.2) is 0 Å². The quantitative estimate of drug-likeness (QED) is 0.606. The lowest BCUT2D eigenvalue weighted by molar-refractivity contribution is -0.275. The first kappa shape index (κ1) is 16.9. The first-order valence-corrected chi connectivity index (χ1v) is 6.74. The fraction of sp³-hybridized carbons (Fsp3) is 0.385. The van der Waals surface area contributed by atoms with Crippen LogP contribution in [-0.2, 0) is 4.84 Å². The highest BCUT2D eigenvalue weighted by molar-refractivity contribution is 8.03. The molecule has 7 heteroatoms. The van der Waals surface area contributed by atoms with E-state index in [9.17, 15) is 13.2 Å². The topological polar surface area (TPSA) is 30.5 Å². The standard InChI is InChI=1S/C13H16F3NO2S/c1-4-18-17-9(2)10(3)20-12-8-6-5-7-11(12)19-13(14,15)16/h5-9,17H,3-4H2,1-2H3. The summed E-state index contributed by atoms with van der Waals surface area (Å²) in [5.74, 6) is -0.241. The van der Waals surface area contributed by atoms with Crippen molar-refractivity contribution in [3.63, 3.8) is 0 Å². The van der Waals surface area contributed by atoms with E-state index in [1.807, 2.05) is 6.92 Å². The van der Waals surface area contributed by atoms with Crippen molar-refractivity contribution < 1.29 is 22.7 Å². The van der Waals surface area contributed by atoms with Crippen LogP contribution < -0.4 is 10.2 Å². The molecule has 112 valence electrons. The first-order chi connectivity index (χ1) is 9.33. The predicted molar refractivity (Wildman–Crippen MR) is 72.3 cm³/mol. The van der Waals surface area contributed by atoms with Crippen LogP contribution in [0.1, 0.15) is 13.8 Å². The number of thioether (sulfide) groups is 1. The maximum absolute atomic E-state index is 12.3. The van der Waals surface area contributed by atoms with Gasteiger partial charge in [-0.3, -0.25) is 0 Å². The average molecular weight is 307 g/mol. The third-order valence-corrected chi connectivity index (χ3v) is 3.38. The molecule has 3 nitrogen and oxygen atoms in total. The maximum atomic E-state index is 12.3. The minimum atomic E-state index is -4.72. The van der Waals surface area contributed by atoms with Crippen LogP contribution >= 0.6 is 11.8 Å². The lowest BCUT2D eigenvalue weighted by atomic mass is 10.3. The minimum absolute atomic E-state index is 0.209. The summed E-state index contributed by atoms with van der Waals surface area (Å²) in [4.78, 5) is 6.00. The SMILES string of the molecule is C=C(Sc1ccccc1OC(F)(F)F)C(C)NOCC. The Morgan fingerprint density at radius 3 is 2.65 bits per heavy atom. The van der Waals surface area contributed by atoms with Gasteiger partial charge in [0, 0.05) is 4.91 Å². The average Bonchev–Trinajstić information content (AvgIpc) is 2.36. The van der Waals surface area contributed by atoms with Crippen LogP contribution in [0.5, 0.6) is 5.75 Å². The molecule has 1 atom stereocenters. The monoisotopic (exact) mass is 307 g/mol. The molecule has 0 bridgehead atoms. The number of halogens is 3. The van der Waals surface area contributed by atoms with E-state index in [1.54, 1.807) is 19.1 Å². The first-order valence-electron chi connectivity index (χ1n) is 5.92. The predicted octanol–water partition coefficient (Wildman–Crippen LogP) is 4.12. The van der Waals surface area contributed by atoms with E-state index in [1.165, 1.54) is 12.1 Å². The van der Waals surface area contributed by atoms with Gasteiger partial charge in [0.2, 0.25) is 0 Å². The molecule has 0 radical (unpaired) electrons. The minimum Gasteiger partial charge on any atom is -0.405 e. The second-order valence-corrected chi connectivity index (χ2v) is 5.00. The fourth-order valence-electron chi connectivity index (χ4n) is 1.25. The molecule has 1 N–H and O–H groups in total. The van der Waals surface area contributed by atoms with E-state index >= 15 is 0 Å². The Hall–Kier alpha value is -1.18. The summed E-state index contributed by atoms with van der Waals surface area (Å²) in [5, 5.41) is 0. The summed E-state index contributed by atoms with van der Waals surface area (Å²) in [7, 11) is 0. The Morgan fingerprint density at radius 1 is 1.40 bits per heavy atom. The molecule has 1 unspecified atom stereocenters. The van der Waals surface area contributed by atoms with Gasteiger partial charge in [0.1, 0.15) is 5.75 Å². The van der Waals surface area contributed by atoms with E-state index < -0.39 is 6.36 Å². The third kappa shape index (κ3) is 5.85. The van der Waals surface area contributed by atoms with Gasteiger partial charge in [-0.1, -0.05) is 30.5 Å². The summed E-state index contributed by atoms with van der Waals surface area (Å²) in [6, 6.07) is 5.72. The van der Waals surface area contributed by atoms with Crippen molar-refractivity contribution in [3.05, 3.63) is 35.7 Å². The van der Waals surface area contributed by atoms with Crippen LogP contribution in [0.3, 0.4) is 0 Å². The van der Waals surface area contributed by atoms with Crippen molar-refractivity contribution in [2.75, 3.05) is 6.61 Å². The van der Waals surface area contributed by atoms with E-state index in [0.717, 1.165) is 11.8 Å². The number of benzene rings is 1. The number of para-hydroxylation sites is 1. The second kappa shape index (κ2) is 7.56. The van der Waals surface area contributed by atoms with Gasteiger partial charge in [-0.05, 0) is 26.0 Å². The van der Waals surface area contributed by atoms with Crippen molar-refractivity contribution >= 4 is 11.8 Å². The molecule has 1 aromatic rings. The summed E-state index contributed by atoms with van der Waals surface area (Å²) in [6.07, 6.45) is -4.72. The molecular weight excluding hydrogens is 291 g/mol. The zero-order valence-corrected chi connectivity index (χ0v) is 12.0. The number of nitrogens with one attached hydrogen (secondary N) is 1. The molecule has 0 saturated heterocycles. The van der Waals surface area contributed by atoms with Gasteiger partial charge < -0.3 is 9.57 Å². The summed E-state index contributed by atoms with van der Waals surface area (Å²) in [5.41, 5.74) is 2.74. The van der Waals surface area contributed by atoms with E-state index in [4.69, 9.17) is 4.84 Å². The molecule has 0 heterocycles. The number of hydrogen-bond donors (Lipinski definition) is 1. The molecular formula is C13H16F3NO2S. The number of hydrogen-bond acceptors (Lipinski definition) is 4. The van der Waals surface area contributed by atoms with Crippen LogP contribution in [-0.4, -0.2) is 19.0 Å². The molecule has 0 fully saturated rings. The molecule has 0 amide bonds. The number of rotatable bonds is 7. The lowest BCUT2D eigenvalue weighted by Gasteiger charge is -2.17. The highest BCUT2D eigenvalue weighted by Gasteiger charge is 2.32. The third-order valence-electron chi connectivity index (χ3n) is 2.20. The fourth-order valence-corrected chi connectivity index (χ4v) is 2.11. The molecule has 20 heavy (non-hydrogen) atoms. The Bertz CT molecular complexity index is 451. The van der Waals surface area contributed by atoms with Crippen LogP contribution in [0.15, 0.2) is 40.6 Å². The second-order valence-electron chi connectivity index (χ2n) is 3.84. The van der Waals surface area contributed by atoms with Gasteiger partial charge in [-0.15, -0.1) is 13.2 Å². The number of alkyl halides is 3. The molecule has 0 aliphatic rings. The van der Waals surface area contributed by atoms with Crippen molar-refractivity contribution in [2.45, 2.75) is 31.1 Å². The molecule has 1 rings (SSSR count). The highest BCUT2D eigenvalue weighted by atomic mass is 32.2. The molecule has 0 aromatic heterocycles. The van der Waals surface area contributed by atoms with Crippen molar-refractivity contribution in [3.8, 4) is 5.75 Å². The lowest BCUT2D eigenvalue weighted by Crippen LogP contribution is -2.26. The largest absolute Gasteiger partial charge is 0.573 e. The Kier molecular flexibility index (Phi) is 6.38. The summed E-state index contributed by atoms with van der Waals surface area (Å²) >= 11 is 1.11. The van der Waals surface area contributed by atoms with Crippen molar-refractivity contribution in [1.29, 1.82) is 0 Å². The molecule has 0 spiro atoms. The molecule has 0 aliphatic heterocycles. The van der Waals surface area contributed by atoms with Gasteiger partial charge >= 0.3 is 6.36 Å². The summed E-state index contributed by atoms with van der Waals surface area (Å²) in [6.45, 7) is 7.93. The van der Waals surface area contributed by atoms with E-state index in [0.29, 0.717) is 16.4 Å². The Labute approximate surface area is 120 Å². The zero-order chi connectivity index (χ0) is 15.2. The Morgan fingerprint density at radius 2 is 2.05 bits per heavy atom. The highest BCUT2D eigenvalue weighted by Crippen LogP contribution is 2.37. The number of hydroxylamine groups is 1. The zero-order valence-electron chi connectivity index (χ0n) is 11.2. The van der Waals surface area contributed by atoms with Gasteiger partial charge in [0.25, 0.3) is 0 Å². The maximum Gasteiger partial charge on any atom is 0.573 e. The van der Waals surface area contributed by atoms with Crippen LogP contribution in [0.4, 0.5) is 13.2 Å². The van der Waals surface area contributed by atoms with Crippen LogP contribution in [0, 0.1) is 0 Å². The normalized spacial score (nSPS) is 13.1. The van der Waals surface area contributed by atoms with Gasteiger partial charge in [-0.2, -0.15) is 5.48 Å².